The zero-order chi connectivity index (χ0) is 13.9. The first-order valence-corrected chi connectivity index (χ1v) is 7.66. The number of halogens is 1. The quantitative estimate of drug-likeness (QED) is 0.667. The molecule has 0 aliphatic carbocycles. The summed E-state index contributed by atoms with van der Waals surface area (Å²) in [5, 5.41) is 3.38. The molecule has 1 aromatic carbocycles. The fourth-order valence-electron chi connectivity index (χ4n) is 1.66. The van der Waals surface area contributed by atoms with Crippen molar-refractivity contribution in [3.8, 4) is 0 Å². The highest BCUT2D eigenvalue weighted by Crippen LogP contribution is 2.17. The molecule has 1 aromatic rings. The topological polar surface area (TPSA) is 30.5 Å². The molecule has 0 fully saturated rings. The molecular formula is C15H24BrNO2. The average molecular weight is 330 g/mol. The predicted octanol–water partition coefficient (Wildman–Crippen LogP) is 3.37. The number of ether oxygens (including phenoxy) is 2. The van der Waals surface area contributed by atoms with E-state index in [0.717, 1.165) is 37.2 Å². The van der Waals surface area contributed by atoms with Crippen molar-refractivity contribution in [2.24, 2.45) is 0 Å². The molecule has 19 heavy (non-hydrogen) atoms. The van der Waals surface area contributed by atoms with E-state index in [2.05, 4.69) is 34.2 Å². The van der Waals surface area contributed by atoms with E-state index in [0.29, 0.717) is 6.61 Å². The van der Waals surface area contributed by atoms with Gasteiger partial charge in [0.1, 0.15) is 0 Å². The van der Waals surface area contributed by atoms with Crippen molar-refractivity contribution in [1.82, 2.24) is 5.32 Å². The second-order valence-electron chi connectivity index (χ2n) is 4.47. The van der Waals surface area contributed by atoms with Gasteiger partial charge in [-0.15, -0.1) is 0 Å². The summed E-state index contributed by atoms with van der Waals surface area (Å²) in [4.78, 5) is 0. The van der Waals surface area contributed by atoms with Gasteiger partial charge in [0.2, 0.25) is 0 Å². The summed E-state index contributed by atoms with van der Waals surface area (Å²) in [6, 6.07) is 8.15. The summed E-state index contributed by atoms with van der Waals surface area (Å²) >= 11 is 3.52. The van der Waals surface area contributed by atoms with E-state index in [1.165, 1.54) is 5.56 Å². The van der Waals surface area contributed by atoms with Crippen molar-refractivity contribution < 1.29 is 9.47 Å². The molecule has 0 aromatic heterocycles. The van der Waals surface area contributed by atoms with Gasteiger partial charge in [-0.25, -0.2) is 0 Å². The number of hydrogen-bond acceptors (Lipinski definition) is 3. The first-order valence-electron chi connectivity index (χ1n) is 6.87. The molecule has 0 heterocycles. The number of hydrogen-bond donors (Lipinski definition) is 1. The molecular weight excluding hydrogens is 306 g/mol. The van der Waals surface area contributed by atoms with E-state index in [4.69, 9.17) is 9.47 Å². The van der Waals surface area contributed by atoms with Crippen LogP contribution in [0, 0.1) is 0 Å². The largest absolute Gasteiger partial charge is 0.382 e. The first kappa shape index (κ1) is 16.6. The Morgan fingerprint density at radius 2 is 2.11 bits per heavy atom. The maximum Gasteiger partial charge on any atom is 0.0732 e. The van der Waals surface area contributed by atoms with Crippen molar-refractivity contribution in [3.63, 3.8) is 0 Å². The van der Waals surface area contributed by atoms with E-state index in [1.807, 2.05) is 25.1 Å². The Morgan fingerprint density at radius 1 is 1.32 bits per heavy atom. The van der Waals surface area contributed by atoms with Crippen molar-refractivity contribution in [3.05, 3.63) is 34.3 Å². The number of benzene rings is 1. The molecule has 1 N–H and O–H groups in total. The van der Waals surface area contributed by atoms with Crippen LogP contribution in [0.25, 0.3) is 0 Å². The summed E-state index contributed by atoms with van der Waals surface area (Å²) in [5.41, 5.74) is 1.19. The van der Waals surface area contributed by atoms with E-state index < -0.39 is 0 Å². The molecule has 3 nitrogen and oxygen atoms in total. The predicted molar refractivity (Wildman–Crippen MR) is 82.4 cm³/mol. The molecule has 0 saturated heterocycles. The lowest BCUT2D eigenvalue weighted by Gasteiger charge is -2.14. The van der Waals surface area contributed by atoms with Gasteiger partial charge in [0.05, 0.1) is 12.7 Å². The third kappa shape index (κ3) is 7.67. The van der Waals surface area contributed by atoms with Gasteiger partial charge in [-0.2, -0.15) is 0 Å². The van der Waals surface area contributed by atoms with Crippen LogP contribution in [0.15, 0.2) is 28.7 Å². The Hall–Kier alpha value is -0.420. The highest BCUT2D eigenvalue weighted by Gasteiger charge is 2.04. The lowest BCUT2D eigenvalue weighted by Crippen LogP contribution is -2.28. The van der Waals surface area contributed by atoms with Gasteiger partial charge in [0.15, 0.2) is 0 Å². The van der Waals surface area contributed by atoms with Gasteiger partial charge in [-0.3, -0.25) is 0 Å². The van der Waals surface area contributed by atoms with Gasteiger partial charge < -0.3 is 14.8 Å². The van der Waals surface area contributed by atoms with Gasteiger partial charge in [0.25, 0.3) is 0 Å². The van der Waals surface area contributed by atoms with Gasteiger partial charge in [0, 0.05) is 24.2 Å². The Morgan fingerprint density at radius 3 is 2.84 bits per heavy atom. The first-order chi connectivity index (χ1) is 9.24. The normalized spacial score (nSPS) is 12.6. The molecule has 0 aliphatic rings. The van der Waals surface area contributed by atoms with Crippen LogP contribution < -0.4 is 5.32 Å². The molecule has 0 spiro atoms. The van der Waals surface area contributed by atoms with E-state index in [1.54, 1.807) is 0 Å². The maximum atomic E-state index is 5.81. The lowest BCUT2D eigenvalue weighted by molar-refractivity contribution is 0.0524. The molecule has 0 radical (unpaired) electrons. The van der Waals surface area contributed by atoms with E-state index in [9.17, 15) is 0 Å². The zero-order valence-corrected chi connectivity index (χ0v) is 13.4. The fraction of sp³-hybridized carbons (Fsp3) is 0.600. The van der Waals surface area contributed by atoms with Crippen molar-refractivity contribution in [1.29, 1.82) is 0 Å². The minimum atomic E-state index is 0.208. The molecule has 4 heteroatoms. The Kier molecular flexibility index (Phi) is 9.08. The summed E-state index contributed by atoms with van der Waals surface area (Å²) < 4.78 is 12.2. The molecule has 0 saturated carbocycles. The van der Waals surface area contributed by atoms with Crippen LogP contribution in [0.1, 0.15) is 25.8 Å². The maximum absolute atomic E-state index is 5.81. The average Bonchev–Trinajstić information content (AvgIpc) is 2.42. The Labute approximate surface area is 124 Å². The summed E-state index contributed by atoms with van der Waals surface area (Å²) in [6.45, 7) is 8.22. The minimum absolute atomic E-state index is 0.208. The van der Waals surface area contributed by atoms with E-state index >= 15 is 0 Å². The Bertz CT molecular complexity index is 347. The lowest BCUT2D eigenvalue weighted by atomic mass is 10.2. The number of rotatable bonds is 10. The van der Waals surface area contributed by atoms with Gasteiger partial charge >= 0.3 is 0 Å². The number of nitrogens with one attached hydrogen (secondary N) is 1. The van der Waals surface area contributed by atoms with Crippen molar-refractivity contribution >= 4 is 15.9 Å². The van der Waals surface area contributed by atoms with Gasteiger partial charge in [-0.1, -0.05) is 34.1 Å². The monoisotopic (exact) mass is 329 g/mol. The molecule has 108 valence electrons. The molecule has 0 aliphatic heterocycles. The fourth-order valence-corrected chi connectivity index (χ4v) is 2.05. The SMILES string of the molecule is CCOCCCNCC(C)OCc1ccccc1Br. The molecule has 1 atom stereocenters. The summed E-state index contributed by atoms with van der Waals surface area (Å²) in [5.74, 6) is 0. The third-order valence-electron chi connectivity index (χ3n) is 2.76. The molecule has 1 unspecified atom stereocenters. The standard InChI is InChI=1S/C15H24BrNO2/c1-3-18-10-6-9-17-11-13(2)19-12-14-7-4-5-8-15(14)16/h4-5,7-8,13,17H,3,6,9-12H2,1-2H3. The van der Waals surface area contributed by atoms with Crippen LogP contribution in [-0.4, -0.2) is 32.4 Å². The summed E-state index contributed by atoms with van der Waals surface area (Å²) in [6.07, 6.45) is 1.25. The molecule has 1 rings (SSSR count). The second kappa shape index (κ2) is 10.4. The highest BCUT2D eigenvalue weighted by molar-refractivity contribution is 9.10. The van der Waals surface area contributed by atoms with Gasteiger partial charge in [-0.05, 0) is 38.4 Å². The highest BCUT2D eigenvalue weighted by atomic mass is 79.9. The summed E-state index contributed by atoms with van der Waals surface area (Å²) in [7, 11) is 0. The Balaban J connectivity index is 2.08. The van der Waals surface area contributed by atoms with Crippen molar-refractivity contribution in [2.75, 3.05) is 26.3 Å². The molecule has 0 amide bonds. The van der Waals surface area contributed by atoms with Crippen LogP contribution >= 0.6 is 15.9 Å². The third-order valence-corrected chi connectivity index (χ3v) is 3.53. The van der Waals surface area contributed by atoms with Crippen LogP contribution in [-0.2, 0) is 16.1 Å². The minimum Gasteiger partial charge on any atom is -0.382 e. The van der Waals surface area contributed by atoms with E-state index in [-0.39, 0.29) is 6.10 Å². The van der Waals surface area contributed by atoms with Crippen LogP contribution in [0.2, 0.25) is 0 Å². The molecule has 0 bridgehead atoms. The zero-order valence-electron chi connectivity index (χ0n) is 11.8. The van der Waals surface area contributed by atoms with Crippen LogP contribution in [0.5, 0.6) is 0 Å². The second-order valence-corrected chi connectivity index (χ2v) is 5.32. The van der Waals surface area contributed by atoms with Crippen molar-refractivity contribution in [2.45, 2.75) is 33.0 Å². The van der Waals surface area contributed by atoms with Crippen LogP contribution in [0.4, 0.5) is 0 Å². The van der Waals surface area contributed by atoms with Crippen LogP contribution in [0.3, 0.4) is 0 Å². The smallest absolute Gasteiger partial charge is 0.0732 e.